The summed E-state index contributed by atoms with van der Waals surface area (Å²) in [6.45, 7) is 1.50. The Bertz CT molecular complexity index is 669. The molecule has 1 aromatic carbocycles. The largest absolute Gasteiger partial charge is 0.481 e. The van der Waals surface area contributed by atoms with Gasteiger partial charge in [0, 0.05) is 6.04 Å². The SMILES string of the molecule is Cc1cc(F)ccc1S(=O)(=O)NC1C=CC(C(=O)O)C1. The zero-order valence-electron chi connectivity index (χ0n) is 10.7. The van der Waals surface area contributed by atoms with Crippen LogP contribution >= 0.6 is 0 Å². The highest BCUT2D eigenvalue weighted by atomic mass is 32.2. The lowest BCUT2D eigenvalue weighted by Gasteiger charge is -2.14. The summed E-state index contributed by atoms with van der Waals surface area (Å²) in [6, 6.07) is 2.84. The van der Waals surface area contributed by atoms with Gasteiger partial charge in [-0.2, -0.15) is 0 Å². The maximum atomic E-state index is 13.0. The number of benzene rings is 1. The van der Waals surface area contributed by atoms with E-state index in [1.807, 2.05) is 0 Å². The Labute approximate surface area is 116 Å². The van der Waals surface area contributed by atoms with Gasteiger partial charge in [-0.1, -0.05) is 12.2 Å². The molecule has 1 aromatic rings. The molecule has 2 unspecified atom stereocenters. The molecule has 2 rings (SSSR count). The van der Waals surface area contributed by atoms with Crippen LogP contribution in [0.4, 0.5) is 4.39 Å². The summed E-state index contributed by atoms with van der Waals surface area (Å²) in [6.07, 6.45) is 3.16. The number of rotatable bonds is 4. The third-order valence-electron chi connectivity index (χ3n) is 3.13. The van der Waals surface area contributed by atoms with Crippen molar-refractivity contribution in [1.82, 2.24) is 4.72 Å². The molecule has 0 saturated carbocycles. The quantitative estimate of drug-likeness (QED) is 0.824. The van der Waals surface area contributed by atoms with Crippen LogP contribution in [0.5, 0.6) is 0 Å². The Kier molecular flexibility index (Phi) is 3.92. The molecule has 0 saturated heterocycles. The van der Waals surface area contributed by atoms with Crippen molar-refractivity contribution in [2.75, 3.05) is 0 Å². The molecule has 0 radical (unpaired) electrons. The molecule has 0 spiro atoms. The van der Waals surface area contributed by atoms with Crippen molar-refractivity contribution in [2.24, 2.45) is 5.92 Å². The van der Waals surface area contributed by atoms with Crippen molar-refractivity contribution in [2.45, 2.75) is 24.3 Å². The molecular weight excluding hydrogens is 285 g/mol. The topological polar surface area (TPSA) is 83.5 Å². The second kappa shape index (κ2) is 5.34. The van der Waals surface area contributed by atoms with E-state index >= 15 is 0 Å². The van der Waals surface area contributed by atoms with E-state index in [0.717, 1.165) is 12.1 Å². The van der Waals surface area contributed by atoms with Crippen LogP contribution in [0.1, 0.15) is 12.0 Å². The summed E-state index contributed by atoms with van der Waals surface area (Å²) in [5.41, 5.74) is 0.300. The van der Waals surface area contributed by atoms with Crippen molar-refractivity contribution in [3.05, 3.63) is 41.7 Å². The molecule has 7 heteroatoms. The molecule has 0 aliphatic heterocycles. The van der Waals surface area contributed by atoms with Gasteiger partial charge in [-0.05, 0) is 37.1 Å². The number of nitrogens with one attached hydrogen (secondary N) is 1. The van der Waals surface area contributed by atoms with Gasteiger partial charge in [0.05, 0.1) is 10.8 Å². The van der Waals surface area contributed by atoms with Crippen LogP contribution in [0, 0.1) is 18.7 Å². The second-order valence-electron chi connectivity index (χ2n) is 4.70. The molecule has 108 valence electrons. The molecule has 20 heavy (non-hydrogen) atoms. The number of aliphatic carboxylic acids is 1. The van der Waals surface area contributed by atoms with Gasteiger partial charge in [-0.25, -0.2) is 17.5 Å². The van der Waals surface area contributed by atoms with Gasteiger partial charge in [0.25, 0.3) is 0 Å². The average Bonchev–Trinajstić information content (AvgIpc) is 2.76. The Morgan fingerprint density at radius 2 is 2.10 bits per heavy atom. The molecule has 0 heterocycles. The fourth-order valence-electron chi connectivity index (χ4n) is 2.15. The van der Waals surface area contributed by atoms with Gasteiger partial charge >= 0.3 is 5.97 Å². The van der Waals surface area contributed by atoms with E-state index in [9.17, 15) is 17.6 Å². The summed E-state index contributed by atoms with van der Waals surface area (Å²) in [7, 11) is -3.80. The number of aryl methyl sites for hydroxylation is 1. The predicted molar refractivity (Wildman–Crippen MR) is 70.1 cm³/mol. The van der Waals surface area contributed by atoms with Crippen LogP contribution in [0.3, 0.4) is 0 Å². The summed E-state index contributed by atoms with van der Waals surface area (Å²) >= 11 is 0. The molecule has 0 amide bonds. The number of hydrogen-bond acceptors (Lipinski definition) is 3. The molecule has 1 aliphatic rings. The monoisotopic (exact) mass is 299 g/mol. The first-order valence-electron chi connectivity index (χ1n) is 5.99. The van der Waals surface area contributed by atoms with Crippen LogP contribution in [0.15, 0.2) is 35.2 Å². The first kappa shape index (κ1) is 14.7. The predicted octanol–water partition coefficient (Wildman–Crippen LogP) is 1.44. The zero-order chi connectivity index (χ0) is 14.9. The molecule has 0 fully saturated rings. The standard InChI is InChI=1S/C13H14FNO4S/c1-8-6-10(14)3-5-12(8)20(18,19)15-11-4-2-9(7-11)13(16)17/h2-6,9,11,15H,7H2,1H3,(H,16,17). The average molecular weight is 299 g/mol. The van der Waals surface area contributed by atoms with Crippen molar-refractivity contribution < 1.29 is 22.7 Å². The Balaban J connectivity index is 2.17. The highest BCUT2D eigenvalue weighted by Gasteiger charge is 2.28. The van der Waals surface area contributed by atoms with Crippen molar-refractivity contribution in [3.8, 4) is 0 Å². The van der Waals surface area contributed by atoms with Gasteiger partial charge in [0.2, 0.25) is 10.0 Å². The fourth-order valence-corrected chi connectivity index (χ4v) is 3.58. The van der Waals surface area contributed by atoms with E-state index < -0.39 is 33.8 Å². The van der Waals surface area contributed by atoms with E-state index in [1.54, 1.807) is 0 Å². The van der Waals surface area contributed by atoms with E-state index in [0.29, 0.717) is 5.56 Å². The van der Waals surface area contributed by atoms with Gasteiger partial charge in [-0.3, -0.25) is 4.79 Å². The van der Waals surface area contributed by atoms with E-state index in [2.05, 4.69) is 4.72 Å². The minimum atomic E-state index is -3.80. The Hall–Kier alpha value is -1.73. The molecule has 5 nitrogen and oxygen atoms in total. The number of hydrogen-bond donors (Lipinski definition) is 2. The summed E-state index contributed by atoms with van der Waals surface area (Å²) in [5, 5.41) is 8.85. The van der Waals surface area contributed by atoms with Gasteiger partial charge in [0.15, 0.2) is 0 Å². The normalized spacial score (nSPS) is 22.1. The first-order chi connectivity index (χ1) is 9.29. The number of carbonyl (C=O) groups is 1. The maximum absolute atomic E-state index is 13.0. The van der Waals surface area contributed by atoms with Crippen LogP contribution in [0.2, 0.25) is 0 Å². The van der Waals surface area contributed by atoms with Crippen LogP contribution in [0.25, 0.3) is 0 Å². The Morgan fingerprint density at radius 3 is 2.65 bits per heavy atom. The van der Waals surface area contributed by atoms with E-state index in [4.69, 9.17) is 5.11 Å². The maximum Gasteiger partial charge on any atom is 0.310 e. The molecule has 1 aliphatic carbocycles. The second-order valence-corrected chi connectivity index (χ2v) is 6.39. The lowest BCUT2D eigenvalue weighted by Crippen LogP contribution is -2.33. The minimum Gasteiger partial charge on any atom is -0.481 e. The highest BCUT2D eigenvalue weighted by Crippen LogP contribution is 2.22. The third kappa shape index (κ3) is 3.05. The lowest BCUT2D eigenvalue weighted by molar-refractivity contribution is -0.140. The number of carboxylic acids is 1. The Morgan fingerprint density at radius 1 is 1.40 bits per heavy atom. The molecular formula is C13H14FNO4S. The van der Waals surface area contributed by atoms with Crippen molar-refractivity contribution in [1.29, 1.82) is 0 Å². The first-order valence-corrected chi connectivity index (χ1v) is 7.47. The van der Waals surface area contributed by atoms with Crippen molar-refractivity contribution >= 4 is 16.0 Å². The van der Waals surface area contributed by atoms with Crippen molar-refractivity contribution in [3.63, 3.8) is 0 Å². The van der Waals surface area contributed by atoms with E-state index in [-0.39, 0.29) is 11.3 Å². The minimum absolute atomic E-state index is 0.00826. The summed E-state index contributed by atoms with van der Waals surface area (Å²) < 4.78 is 39.8. The zero-order valence-corrected chi connectivity index (χ0v) is 11.5. The number of sulfonamides is 1. The lowest BCUT2D eigenvalue weighted by atomic mass is 10.1. The van der Waals surface area contributed by atoms with Crippen LogP contribution in [-0.2, 0) is 14.8 Å². The molecule has 2 N–H and O–H groups in total. The van der Waals surface area contributed by atoms with Crippen LogP contribution < -0.4 is 4.72 Å². The van der Waals surface area contributed by atoms with Gasteiger partial charge in [0.1, 0.15) is 5.82 Å². The summed E-state index contributed by atoms with van der Waals surface area (Å²) in [4.78, 5) is 10.8. The molecule has 0 aromatic heterocycles. The summed E-state index contributed by atoms with van der Waals surface area (Å²) in [5.74, 6) is -2.17. The third-order valence-corrected chi connectivity index (χ3v) is 4.78. The van der Waals surface area contributed by atoms with Crippen LogP contribution in [-0.4, -0.2) is 25.5 Å². The smallest absolute Gasteiger partial charge is 0.310 e. The van der Waals surface area contributed by atoms with E-state index in [1.165, 1.54) is 25.1 Å². The van der Waals surface area contributed by atoms with Gasteiger partial charge in [-0.15, -0.1) is 0 Å². The molecule has 0 bridgehead atoms. The van der Waals surface area contributed by atoms with Gasteiger partial charge < -0.3 is 5.11 Å². The fraction of sp³-hybridized carbons (Fsp3) is 0.308. The number of carboxylic acid groups (broad SMARTS) is 1. The molecule has 2 atom stereocenters. The number of halogens is 1. The highest BCUT2D eigenvalue weighted by molar-refractivity contribution is 7.89.